The molecule has 0 aliphatic carbocycles. The van der Waals surface area contributed by atoms with Crippen LogP contribution < -0.4 is 9.47 Å². The lowest BCUT2D eigenvalue weighted by Crippen LogP contribution is -2.50. The largest absolute Gasteiger partial charge is 0.497 e. The normalized spacial score (nSPS) is 26.3. The van der Waals surface area contributed by atoms with Gasteiger partial charge < -0.3 is 24.8 Å². The molecule has 0 unspecified atom stereocenters. The second-order valence-electron chi connectivity index (χ2n) is 5.90. The van der Waals surface area contributed by atoms with E-state index >= 15 is 0 Å². The number of benzene rings is 1. The number of aliphatic hydroxyl groups excluding tert-OH is 3. The molecule has 0 spiro atoms. The van der Waals surface area contributed by atoms with Gasteiger partial charge in [-0.3, -0.25) is 4.98 Å². The predicted molar refractivity (Wildman–Crippen MR) is 95.9 cm³/mol. The van der Waals surface area contributed by atoms with Crippen molar-refractivity contribution < 1.29 is 24.8 Å². The maximum atomic E-state index is 10.2. The van der Waals surface area contributed by atoms with Gasteiger partial charge in [0.1, 0.15) is 29.4 Å². The van der Waals surface area contributed by atoms with E-state index in [-0.39, 0.29) is 0 Å². The van der Waals surface area contributed by atoms with Crippen molar-refractivity contribution in [2.45, 2.75) is 30.7 Å². The number of thioether (sulfide) groups is 1. The summed E-state index contributed by atoms with van der Waals surface area (Å²) in [6, 6.07) is 9.28. The maximum absolute atomic E-state index is 10.2. The fourth-order valence-electron chi connectivity index (χ4n) is 2.65. The molecular weight excluding hydrogens is 342 g/mol. The van der Waals surface area contributed by atoms with Gasteiger partial charge in [-0.15, -0.1) is 11.8 Å². The summed E-state index contributed by atoms with van der Waals surface area (Å²) in [5, 5.41) is 29.7. The summed E-state index contributed by atoms with van der Waals surface area (Å²) in [4.78, 5) is 4.42. The van der Waals surface area contributed by atoms with E-state index in [9.17, 15) is 15.3 Å². The minimum absolute atomic E-state index is 0.292. The number of hydrogen-bond acceptors (Lipinski definition) is 7. The Labute approximate surface area is 150 Å². The van der Waals surface area contributed by atoms with Crippen LogP contribution in [0.2, 0.25) is 0 Å². The average Bonchev–Trinajstić information content (AvgIpc) is 2.63. The number of methoxy groups -OCH3 is 1. The number of rotatable bonds is 4. The lowest BCUT2D eigenvalue weighted by atomic mass is 10.1. The highest BCUT2D eigenvalue weighted by molar-refractivity contribution is 7.99. The van der Waals surface area contributed by atoms with Gasteiger partial charge >= 0.3 is 0 Å². The first-order valence-corrected chi connectivity index (χ1v) is 8.98. The van der Waals surface area contributed by atoms with Crippen molar-refractivity contribution in [2.75, 3.05) is 12.9 Å². The molecule has 1 fully saturated rings. The third-order valence-electron chi connectivity index (χ3n) is 4.15. The molecule has 1 aliphatic rings. The van der Waals surface area contributed by atoms with Crippen LogP contribution in [-0.4, -0.2) is 56.9 Å². The molecule has 1 aromatic carbocycles. The first kappa shape index (κ1) is 18.0. The average molecular weight is 363 g/mol. The van der Waals surface area contributed by atoms with Crippen LogP contribution in [0.1, 0.15) is 5.56 Å². The second-order valence-corrected chi connectivity index (χ2v) is 7.03. The van der Waals surface area contributed by atoms with Gasteiger partial charge in [0, 0.05) is 17.5 Å². The molecule has 1 aromatic heterocycles. The Balaban J connectivity index is 1.91. The highest BCUT2D eigenvalue weighted by Gasteiger charge is 2.39. The lowest BCUT2D eigenvalue weighted by molar-refractivity contribution is -0.0786. The number of aryl methyl sites for hydroxylation is 1. The molecule has 0 amide bonds. The van der Waals surface area contributed by atoms with E-state index < -0.39 is 23.7 Å². The molecule has 134 valence electrons. The van der Waals surface area contributed by atoms with Crippen molar-refractivity contribution >= 4 is 11.8 Å². The number of nitrogens with zero attached hydrogens (tertiary/aromatic N) is 1. The zero-order chi connectivity index (χ0) is 18.0. The van der Waals surface area contributed by atoms with Crippen LogP contribution in [0, 0.1) is 6.92 Å². The first-order chi connectivity index (χ1) is 12.0. The zero-order valence-electron chi connectivity index (χ0n) is 14.0. The van der Waals surface area contributed by atoms with Crippen molar-refractivity contribution in [3.63, 3.8) is 0 Å². The molecule has 4 atom stereocenters. The van der Waals surface area contributed by atoms with E-state index in [1.165, 1.54) is 11.8 Å². The summed E-state index contributed by atoms with van der Waals surface area (Å²) in [6.07, 6.45) is -1.68. The Morgan fingerprint density at radius 3 is 2.48 bits per heavy atom. The fraction of sp³-hybridized carbons (Fsp3) is 0.389. The minimum Gasteiger partial charge on any atom is -0.497 e. The van der Waals surface area contributed by atoms with E-state index in [0.29, 0.717) is 17.2 Å². The van der Waals surface area contributed by atoms with Crippen molar-refractivity contribution in [3.8, 4) is 22.8 Å². The first-order valence-electron chi connectivity index (χ1n) is 7.93. The third kappa shape index (κ3) is 3.74. The Hall–Kier alpha value is -1.80. The number of aliphatic hydroxyl groups is 3. The van der Waals surface area contributed by atoms with E-state index in [1.54, 1.807) is 13.3 Å². The Morgan fingerprint density at radius 1 is 1.08 bits per heavy atom. The van der Waals surface area contributed by atoms with E-state index in [4.69, 9.17) is 9.47 Å². The van der Waals surface area contributed by atoms with E-state index in [2.05, 4.69) is 4.98 Å². The molecule has 25 heavy (non-hydrogen) atoms. The molecule has 3 rings (SSSR count). The quantitative estimate of drug-likeness (QED) is 0.760. The second kappa shape index (κ2) is 7.61. The summed E-state index contributed by atoms with van der Waals surface area (Å²) in [6.45, 7) is 1.90. The van der Waals surface area contributed by atoms with Crippen molar-refractivity contribution in [1.29, 1.82) is 0 Å². The summed E-state index contributed by atoms with van der Waals surface area (Å²) in [7, 11) is 1.61. The molecule has 7 heteroatoms. The van der Waals surface area contributed by atoms with Gasteiger partial charge in [0.15, 0.2) is 5.44 Å². The van der Waals surface area contributed by atoms with Gasteiger partial charge in [0.2, 0.25) is 0 Å². The van der Waals surface area contributed by atoms with Crippen molar-refractivity contribution in [3.05, 3.63) is 42.1 Å². The maximum Gasteiger partial charge on any atom is 0.173 e. The number of hydrogen-bond donors (Lipinski definition) is 3. The van der Waals surface area contributed by atoms with Crippen LogP contribution in [0.3, 0.4) is 0 Å². The molecule has 1 aliphatic heterocycles. The van der Waals surface area contributed by atoms with Crippen LogP contribution in [0.15, 0.2) is 36.5 Å². The summed E-state index contributed by atoms with van der Waals surface area (Å²) >= 11 is 1.27. The van der Waals surface area contributed by atoms with Crippen molar-refractivity contribution in [1.82, 2.24) is 4.98 Å². The fourth-order valence-corrected chi connectivity index (χ4v) is 3.75. The van der Waals surface area contributed by atoms with Crippen molar-refractivity contribution in [2.24, 2.45) is 0 Å². The zero-order valence-corrected chi connectivity index (χ0v) is 14.8. The summed E-state index contributed by atoms with van der Waals surface area (Å²) in [5.41, 5.74) is 1.69. The highest BCUT2D eigenvalue weighted by atomic mass is 32.2. The SMILES string of the molecule is COc1ccc(-c2nccc(C)c2O[C@@H]2SC[C@@H](O)[C@H](O)[C@H]2O)cc1. The number of pyridine rings is 1. The molecule has 6 nitrogen and oxygen atoms in total. The molecule has 0 saturated carbocycles. The standard InChI is InChI=1S/C18H21NO5S/c1-10-7-8-19-14(11-3-5-12(23-2)6-4-11)17(10)24-18-16(22)15(21)13(20)9-25-18/h3-8,13,15-16,18,20-22H,9H2,1-2H3/t13-,15+,16-,18-/m1/s1. The Kier molecular flexibility index (Phi) is 5.48. The van der Waals surface area contributed by atoms with Gasteiger partial charge in [-0.05, 0) is 42.8 Å². The molecule has 2 aromatic rings. The van der Waals surface area contributed by atoms with Gasteiger partial charge in [-0.1, -0.05) is 0 Å². The van der Waals surface area contributed by atoms with Gasteiger partial charge in [-0.25, -0.2) is 0 Å². The topological polar surface area (TPSA) is 92.0 Å². The molecule has 0 radical (unpaired) electrons. The molecule has 0 bridgehead atoms. The van der Waals surface area contributed by atoms with E-state index in [1.807, 2.05) is 37.3 Å². The molecular formula is C18H21NO5S. The van der Waals surface area contributed by atoms with Crippen LogP contribution in [0.4, 0.5) is 0 Å². The lowest BCUT2D eigenvalue weighted by Gasteiger charge is -2.35. The Morgan fingerprint density at radius 2 is 1.80 bits per heavy atom. The smallest absolute Gasteiger partial charge is 0.173 e. The monoisotopic (exact) mass is 363 g/mol. The van der Waals surface area contributed by atoms with Gasteiger partial charge in [-0.2, -0.15) is 0 Å². The minimum atomic E-state index is -1.23. The van der Waals surface area contributed by atoms with Crippen LogP contribution in [0.25, 0.3) is 11.3 Å². The molecule has 1 saturated heterocycles. The van der Waals surface area contributed by atoms with Gasteiger partial charge in [0.25, 0.3) is 0 Å². The van der Waals surface area contributed by atoms with Crippen LogP contribution in [0.5, 0.6) is 11.5 Å². The highest BCUT2D eigenvalue weighted by Crippen LogP contribution is 2.36. The number of aromatic nitrogens is 1. The summed E-state index contributed by atoms with van der Waals surface area (Å²) < 4.78 is 11.2. The predicted octanol–water partition coefficient (Wildman–Crippen LogP) is 1.60. The molecule has 2 heterocycles. The number of ether oxygens (including phenoxy) is 2. The van der Waals surface area contributed by atoms with E-state index in [0.717, 1.165) is 16.9 Å². The van der Waals surface area contributed by atoms with Crippen LogP contribution >= 0.6 is 11.8 Å². The molecule has 3 N–H and O–H groups in total. The summed E-state index contributed by atoms with van der Waals surface area (Å²) in [5.74, 6) is 1.59. The Bertz CT molecular complexity index is 724. The third-order valence-corrected chi connectivity index (χ3v) is 5.39. The van der Waals surface area contributed by atoms with Crippen LogP contribution in [-0.2, 0) is 0 Å². The van der Waals surface area contributed by atoms with Gasteiger partial charge in [0.05, 0.1) is 13.2 Å².